The molecule has 0 atom stereocenters. The molecular weight excluding hydrogens is 703 g/mol. The summed E-state index contributed by atoms with van der Waals surface area (Å²) in [6, 6.07) is 65.8. The second-order valence-corrected chi connectivity index (χ2v) is 15.1. The second-order valence-electron chi connectivity index (χ2n) is 14.0. The van der Waals surface area contributed by atoms with Crippen molar-refractivity contribution in [2.24, 2.45) is 0 Å². The van der Waals surface area contributed by atoms with Gasteiger partial charge in [0.2, 0.25) is 0 Å². The number of para-hydroxylation sites is 1. The van der Waals surface area contributed by atoms with Gasteiger partial charge >= 0.3 is 0 Å². The maximum Gasteiger partial charge on any atom is 0.164 e. The van der Waals surface area contributed by atoms with E-state index in [2.05, 4.69) is 158 Å². The first-order valence-electron chi connectivity index (χ1n) is 18.7. The van der Waals surface area contributed by atoms with Crippen molar-refractivity contribution >= 4 is 53.4 Å². The molecule has 4 nitrogen and oxygen atoms in total. The number of hydrogen-bond donors (Lipinski definition) is 0. The van der Waals surface area contributed by atoms with Gasteiger partial charge in [0.1, 0.15) is 11.2 Å². The number of fused-ring (bicyclic) bond motifs is 6. The van der Waals surface area contributed by atoms with Crippen molar-refractivity contribution in [2.45, 2.75) is 0 Å². The number of nitrogens with zero attached hydrogens (tertiary/aromatic N) is 3. The van der Waals surface area contributed by atoms with Crippen molar-refractivity contribution in [3.05, 3.63) is 188 Å². The first-order valence-corrected chi connectivity index (χ1v) is 19.5. The summed E-state index contributed by atoms with van der Waals surface area (Å²) in [5.74, 6) is 1.81. The van der Waals surface area contributed by atoms with E-state index in [1.165, 1.54) is 36.9 Å². The van der Waals surface area contributed by atoms with E-state index in [1.54, 1.807) is 0 Å². The minimum absolute atomic E-state index is 0.590. The molecule has 0 saturated heterocycles. The lowest BCUT2D eigenvalue weighted by Gasteiger charge is -2.10. The molecule has 0 aliphatic rings. The van der Waals surface area contributed by atoms with Gasteiger partial charge in [-0.1, -0.05) is 146 Å². The third kappa shape index (κ3) is 5.74. The number of rotatable bonds is 6. The van der Waals surface area contributed by atoms with Gasteiger partial charge in [0, 0.05) is 47.6 Å². The van der Waals surface area contributed by atoms with E-state index in [1.807, 2.05) is 41.7 Å². The molecule has 5 heteroatoms. The first-order chi connectivity index (χ1) is 27.7. The van der Waals surface area contributed by atoms with Gasteiger partial charge in [0.15, 0.2) is 17.5 Å². The van der Waals surface area contributed by atoms with Crippen molar-refractivity contribution in [1.82, 2.24) is 15.0 Å². The molecule has 56 heavy (non-hydrogen) atoms. The van der Waals surface area contributed by atoms with Gasteiger partial charge in [-0.05, 0) is 75.8 Å². The van der Waals surface area contributed by atoms with Crippen molar-refractivity contribution in [3.63, 3.8) is 0 Å². The average Bonchev–Trinajstić information content (AvgIpc) is 3.84. The molecule has 0 aliphatic heterocycles. The van der Waals surface area contributed by atoms with E-state index < -0.39 is 0 Å². The standard InChI is InChI=1S/C51H31N3OS/c1-3-10-32(11-4-1)36-14-9-15-39(28-36)50-52-49(53-51(54-50)40-23-25-42-41-16-7-8-17-45(41)55-46(42)30-40)35-20-18-34(19-21-35)38-22-26-43-44-29-37(33-12-5-2-6-13-33)24-27-47(44)56-48(43)31-38/h1-31H. The smallest absolute Gasteiger partial charge is 0.164 e. The predicted octanol–water partition coefficient (Wildman–Crippen LogP) is 14.1. The number of aromatic nitrogens is 3. The summed E-state index contributed by atoms with van der Waals surface area (Å²) >= 11 is 1.84. The zero-order chi connectivity index (χ0) is 37.0. The molecule has 0 N–H and O–H groups in total. The van der Waals surface area contributed by atoms with Crippen LogP contribution in [-0.4, -0.2) is 15.0 Å². The maximum atomic E-state index is 6.26. The Morgan fingerprint density at radius 2 is 0.786 bits per heavy atom. The molecule has 0 fully saturated rings. The summed E-state index contributed by atoms with van der Waals surface area (Å²) < 4.78 is 8.83. The van der Waals surface area contributed by atoms with Crippen LogP contribution in [0.15, 0.2) is 192 Å². The molecule has 3 heterocycles. The molecule has 8 aromatic carbocycles. The Morgan fingerprint density at radius 3 is 1.55 bits per heavy atom. The van der Waals surface area contributed by atoms with Crippen LogP contribution in [0.3, 0.4) is 0 Å². The van der Waals surface area contributed by atoms with Crippen molar-refractivity contribution in [3.8, 4) is 67.5 Å². The largest absolute Gasteiger partial charge is 0.456 e. The van der Waals surface area contributed by atoms with Crippen LogP contribution in [0.2, 0.25) is 0 Å². The molecule has 262 valence electrons. The zero-order valence-corrected chi connectivity index (χ0v) is 30.9. The zero-order valence-electron chi connectivity index (χ0n) is 30.1. The molecular formula is C51H31N3OS. The number of benzene rings is 8. The van der Waals surface area contributed by atoms with Crippen LogP contribution in [0.4, 0.5) is 0 Å². The molecule has 0 saturated carbocycles. The van der Waals surface area contributed by atoms with E-state index in [9.17, 15) is 0 Å². The van der Waals surface area contributed by atoms with Crippen molar-refractivity contribution in [2.75, 3.05) is 0 Å². The Kier molecular flexibility index (Phi) is 7.64. The predicted molar refractivity (Wildman–Crippen MR) is 233 cm³/mol. The van der Waals surface area contributed by atoms with E-state index in [4.69, 9.17) is 19.4 Å². The lowest BCUT2D eigenvalue weighted by Crippen LogP contribution is -2.00. The summed E-state index contributed by atoms with van der Waals surface area (Å²) in [5.41, 5.74) is 11.4. The van der Waals surface area contributed by atoms with Gasteiger partial charge in [-0.2, -0.15) is 0 Å². The molecule has 11 aromatic rings. The monoisotopic (exact) mass is 733 g/mol. The fraction of sp³-hybridized carbons (Fsp3) is 0. The van der Waals surface area contributed by atoms with E-state index in [-0.39, 0.29) is 0 Å². The summed E-state index contributed by atoms with van der Waals surface area (Å²) in [5, 5.41) is 4.73. The lowest BCUT2D eigenvalue weighted by atomic mass is 10.0. The third-order valence-electron chi connectivity index (χ3n) is 10.6. The van der Waals surface area contributed by atoms with Crippen LogP contribution in [0.5, 0.6) is 0 Å². The third-order valence-corrected chi connectivity index (χ3v) is 11.7. The highest BCUT2D eigenvalue weighted by Crippen LogP contribution is 2.39. The van der Waals surface area contributed by atoms with Gasteiger partial charge in [0.25, 0.3) is 0 Å². The maximum absolute atomic E-state index is 6.26. The van der Waals surface area contributed by atoms with Crippen molar-refractivity contribution in [1.29, 1.82) is 0 Å². The Labute approximate surface area is 327 Å². The molecule has 3 aromatic heterocycles. The number of thiophene rings is 1. The molecule has 0 radical (unpaired) electrons. The fourth-order valence-corrected chi connectivity index (χ4v) is 8.80. The van der Waals surface area contributed by atoms with Crippen LogP contribution in [-0.2, 0) is 0 Å². The first kappa shape index (κ1) is 32.2. The second kappa shape index (κ2) is 13.3. The quantitative estimate of drug-likeness (QED) is 0.171. The van der Waals surface area contributed by atoms with Crippen LogP contribution in [0, 0.1) is 0 Å². The molecule has 0 aliphatic carbocycles. The summed E-state index contributed by atoms with van der Waals surface area (Å²) in [7, 11) is 0. The molecule has 0 amide bonds. The molecule has 0 bridgehead atoms. The fourth-order valence-electron chi connectivity index (χ4n) is 7.68. The van der Waals surface area contributed by atoms with Crippen LogP contribution in [0.1, 0.15) is 0 Å². The van der Waals surface area contributed by atoms with Gasteiger partial charge in [-0.3, -0.25) is 0 Å². The van der Waals surface area contributed by atoms with Crippen LogP contribution >= 0.6 is 11.3 Å². The summed E-state index contributed by atoms with van der Waals surface area (Å²) in [6.45, 7) is 0. The van der Waals surface area contributed by atoms with Crippen LogP contribution in [0.25, 0.3) is 110 Å². The van der Waals surface area contributed by atoms with Crippen molar-refractivity contribution < 1.29 is 4.42 Å². The number of furan rings is 1. The lowest BCUT2D eigenvalue weighted by molar-refractivity contribution is 0.669. The highest BCUT2D eigenvalue weighted by molar-refractivity contribution is 7.25. The SMILES string of the molecule is c1ccc(-c2cccc(-c3nc(-c4ccc(-c5ccc6c(c5)sc5ccc(-c7ccccc7)cc56)cc4)nc(-c4ccc5c(c4)oc4ccccc45)n3)c2)cc1. The van der Waals surface area contributed by atoms with E-state index in [0.717, 1.165) is 55.3 Å². The summed E-state index contributed by atoms with van der Waals surface area (Å²) in [4.78, 5) is 15.2. The van der Waals surface area contributed by atoms with Gasteiger partial charge in [-0.25, -0.2) is 15.0 Å². The Morgan fingerprint density at radius 1 is 0.286 bits per heavy atom. The van der Waals surface area contributed by atoms with Gasteiger partial charge in [0.05, 0.1) is 0 Å². The Hall–Kier alpha value is -7.21. The molecule has 0 spiro atoms. The van der Waals surface area contributed by atoms with E-state index >= 15 is 0 Å². The van der Waals surface area contributed by atoms with Gasteiger partial charge in [-0.15, -0.1) is 11.3 Å². The Balaban J connectivity index is 0.982. The number of hydrogen-bond acceptors (Lipinski definition) is 5. The van der Waals surface area contributed by atoms with Crippen LogP contribution < -0.4 is 0 Å². The summed E-state index contributed by atoms with van der Waals surface area (Å²) in [6.07, 6.45) is 0. The normalized spacial score (nSPS) is 11.6. The topological polar surface area (TPSA) is 51.8 Å². The van der Waals surface area contributed by atoms with E-state index in [0.29, 0.717) is 17.5 Å². The van der Waals surface area contributed by atoms with Gasteiger partial charge < -0.3 is 4.42 Å². The minimum atomic E-state index is 0.590. The Bertz CT molecular complexity index is 3240. The highest BCUT2D eigenvalue weighted by atomic mass is 32.1. The minimum Gasteiger partial charge on any atom is -0.456 e. The molecule has 0 unspecified atom stereocenters. The molecule has 11 rings (SSSR count). The highest BCUT2D eigenvalue weighted by Gasteiger charge is 2.16. The average molecular weight is 734 g/mol.